The lowest BCUT2D eigenvalue weighted by Crippen LogP contribution is -2.54. The Morgan fingerprint density at radius 2 is 1.70 bits per heavy atom. The third-order valence-corrected chi connectivity index (χ3v) is 3.48. The minimum Gasteiger partial charge on any atom is -0.301 e. The first-order chi connectivity index (χ1) is 4.83. The fourth-order valence-electron chi connectivity index (χ4n) is 2.45. The van der Waals surface area contributed by atoms with Crippen LogP contribution < -0.4 is 0 Å². The molecule has 0 atom stereocenters. The smallest absolute Gasteiger partial charge is 0.0206 e. The van der Waals surface area contributed by atoms with Gasteiger partial charge in [0, 0.05) is 5.54 Å². The number of hydrogen-bond acceptors (Lipinski definition) is 1. The normalized spacial score (nSPS) is 32.1. The molecule has 58 valence electrons. The van der Waals surface area contributed by atoms with Gasteiger partial charge in [0.2, 0.25) is 0 Å². The van der Waals surface area contributed by atoms with Crippen molar-refractivity contribution in [2.75, 3.05) is 13.6 Å². The van der Waals surface area contributed by atoms with Crippen molar-refractivity contribution in [3.05, 3.63) is 0 Å². The van der Waals surface area contributed by atoms with Crippen LogP contribution in [0.2, 0.25) is 0 Å². The van der Waals surface area contributed by atoms with Gasteiger partial charge in [-0.1, -0.05) is 6.42 Å². The van der Waals surface area contributed by atoms with Crippen molar-refractivity contribution in [1.29, 1.82) is 0 Å². The highest BCUT2D eigenvalue weighted by Crippen LogP contribution is 2.43. The molecule has 2 rings (SSSR count). The van der Waals surface area contributed by atoms with E-state index in [2.05, 4.69) is 11.9 Å². The highest BCUT2D eigenvalue weighted by atomic mass is 15.2. The van der Waals surface area contributed by atoms with Crippen molar-refractivity contribution < 1.29 is 0 Å². The van der Waals surface area contributed by atoms with E-state index in [-0.39, 0.29) is 0 Å². The minimum atomic E-state index is 0.693. The second kappa shape index (κ2) is 2.23. The van der Waals surface area contributed by atoms with E-state index < -0.39 is 0 Å². The predicted octanol–water partition coefficient (Wildman–Crippen LogP) is 2.02. The summed E-state index contributed by atoms with van der Waals surface area (Å²) >= 11 is 0. The lowest BCUT2D eigenvalue weighted by molar-refractivity contribution is 0.00418. The van der Waals surface area contributed by atoms with Gasteiger partial charge in [0.05, 0.1) is 0 Å². The zero-order valence-electron chi connectivity index (χ0n) is 6.90. The monoisotopic (exact) mass is 139 g/mol. The van der Waals surface area contributed by atoms with E-state index in [0.29, 0.717) is 5.54 Å². The molecule has 1 heterocycles. The van der Waals surface area contributed by atoms with Gasteiger partial charge < -0.3 is 4.90 Å². The van der Waals surface area contributed by atoms with Gasteiger partial charge in [-0.05, 0) is 45.7 Å². The largest absolute Gasteiger partial charge is 0.301 e. The third kappa shape index (κ3) is 0.800. The van der Waals surface area contributed by atoms with Crippen LogP contribution in [0.4, 0.5) is 0 Å². The summed E-state index contributed by atoms with van der Waals surface area (Å²) in [4.78, 5) is 2.60. The number of piperidine rings is 1. The SMILES string of the molecule is CN1CCCCC12CCC2. The Balaban J connectivity index is 2.03. The van der Waals surface area contributed by atoms with E-state index in [4.69, 9.17) is 0 Å². The molecular formula is C9H17N. The summed E-state index contributed by atoms with van der Waals surface area (Å²) in [5.74, 6) is 0. The van der Waals surface area contributed by atoms with E-state index in [1.165, 1.54) is 45.1 Å². The van der Waals surface area contributed by atoms with Crippen molar-refractivity contribution in [2.45, 2.75) is 44.1 Å². The van der Waals surface area contributed by atoms with Crippen molar-refractivity contribution in [3.8, 4) is 0 Å². The maximum atomic E-state index is 2.60. The van der Waals surface area contributed by atoms with Crippen LogP contribution in [0.5, 0.6) is 0 Å². The van der Waals surface area contributed by atoms with Crippen LogP contribution in [0.25, 0.3) is 0 Å². The summed E-state index contributed by atoms with van der Waals surface area (Å²) < 4.78 is 0. The molecule has 1 spiro atoms. The van der Waals surface area contributed by atoms with Crippen molar-refractivity contribution >= 4 is 0 Å². The van der Waals surface area contributed by atoms with Crippen LogP contribution in [0, 0.1) is 0 Å². The van der Waals surface area contributed by atoms with Crippen LogP contribution in [0.1, 0.15) is 38.5 Å². The summed E-state index contributed by atoms with van der Waals surface area (Å²) in [6.07, 6.45) is 8.81. The molecule has 0 aromatic carbocycles. The van der Waals surface area contributed by atoms with Crippen LogP contribution in [-0.4, -0.2) is 24.0 Å². The fraction of sp³-hybridized carbons (Fsp3) is 1.00. The average molecular weight is 139 g/mol. The van der Waals surface area contributed by atoms with Gasteiger partial charge in [-0.2, -0.15) is 0 Å². The van der Waals surface area contributed by atoms with Gasteiger partial charge in [0.15, 0.2) is 0 Å². The first kappa shape index (κ1) is 6.66. The molecular weight excluding hydrogens is 122 g/mol. The molecule has 0 amide bonds. The molecule has 2 fully saturated rings. The first-order valence-corrected chi connectivity index (χ1v) is 4.55. The Morgan fingerprint density at radius 3 is 2.10 bits per heavy atom. The summed E-state index contributed by atoms with van der Waals surface area (Å²) in [6.45, 7) is 1.35. The van der Waals surface area contributed by atoms with Crippen molar-refractivity contribution in [1.82, 2.24) is 4.90 Å². The summed E-state index contributed by atoms with van der Waals surface area (Å²) in [6, 6.07) is 0. The molecule has 1 heteroatoms. The first-order valence-electron chi connectivity index (χ1n) is 4.55. The second-order valence-corrected chi connectivity index (χ2v) is 3.96. The second-order valence-electron chi connectivity index (χ2n) is 3.96. The van der Waals surface area contributed by atoms with Crippen molar-refractivity contribution in [2.24, 2.45) is 0 Å². The number of hydrogen-bond donors (Lipinski definition) is 0. The maximum Gasteiger partial charge on any atom is 0.0206 e. The average Bonchev–Trinajstić information content (AvgIpc) is 1.85. The van der Waals surface area contributed by atoms with E-state index in [0.717, 1.165) is 0 Å². The van der Waals surface area contributed by atoms with E-state index in [1.807, 2.05) is 0 Å². The highest BCUT2D eigenvalue weighted by Gasteiger charge is 2.41. The van der Waals surface area contributed by atoms with Gasteiger partial charge in [-0.15, -0.1) is 0 Å². The third-order valence-electron chi connectivity index (χ3n) is 3.48. The zero-order valence-corrected chi connectivity index (χ0v) is 6.90. The van der Waals surface area contributed by atoms with Gasteiger partial charge in [-0.25, -0.2) is 0 Å². The van der Waals surface area contributed by atoms with E-state index in [9.17, 15) is 0 Å². The zero-order chi connectivity index (χ0) is 7.03. The fourth-order valence-corrected chi connectivity index (χ4v) is 2.45. The molecule has 0 N–H and O–H groups in total. The number of likely N-dealkylation sites (tertiary alicyclic amines) is 1. The molecule has 1 saturated heterocycles. The lowest BCUT2D eigenvalue weighted by Gasteiger charge is -2.51. The van der Waals surface area contributed by atoms with Crippen molar-refractivity contribution in [3.63, 3.8) is 0 Å². The highest BCUT2D eigenvalue weighted by molar-refractivity contribution is 4.98. The van der Waals surface area contributed by atoms with Gasteiger partial charge >= 0.3 is 0 Å². The van der Waals surface area contributed by atoms with Crippen LogP contribution in [0.15, 0.2) is 0 Å². The van der Waals surface area contributed by atoms with Crippen LogP contribution in [-0.2, 0) is 0 Å². The molecule has 0 radical (unpaired) electrons. The van der Waals surface area contributed by atoms with Gasteiger partial charge in [0.25, 0.3) is 0 Å². The van der Waals surface area contributed by atoms with Gasteiger partial charge in [-0.3, -0.25) is 0 Å². The Morgan fingerprint density at radius 1 is 1.00 bits per heavy atom. The molecule has 0 aromatic heterocycles. The maximum absolute atomic E-state index is 2.60. The Labute approximate surface area is 63.4 Å². The Kier molecular flexibility index (Phi) is 1.48. The molecule has 0 bridgehead atoms. The standard InChI is InChI=1S/C9H17N/c1-10-8-3-2-5-9(10)6-4-7-9/h2-8H2,1H3. The minimum absolute atomic E-state index is 0.693. The Bertz CT molecular complexity index is 127. The molecule has 1 aliphatic carbocycles. The van der Waals surface area contributed by atoms with Gasteiger partial charge in [0.1, 0.15) is 0 Å². The number of rotatable bonds is 0. The van der Waals surface area contributed by atoms with E-state index in [1.54, 1.807) is 0 Å². The molecule has 10 heavy (non-hydrogen) atoms. The summed E-state index contributed by atoms with van der Waals surface area (Å²) in [5, 5.41) is 0. The van der Waals surface area contributed by atoms with E-state index >= 15 is 0 Å². The predicted molar refractivity (Wildman–Crippen MR) is 43.1 cm³/mol. The molecule has 1 nitrogen and oxygen atoms in total. The molecule has 1 saturated carbocycles. The van der Waals surface area contributed by atoms with Crippen LogP contribution in [0.3, 0.4) is 0 Å². The Hall–Kier alpha value is -0.0400. The molecule has 2 aliphatic rings. The quantitative estimate of drug-likeness (QED) is 0.496. The lowest BCUT2D eigenvalue weighted by atomic mass is 9.70. The molecule has 0 aromatic rings. The molecule has 1 aliphatic heterocycles. The summed E-state index contributed by atoms with van der Waals surface area (Å²) in [5.41, 5.74) is 0.693. The molecule has 0 unspecified atom stereocenters. The summed E-state index contributed by atoms with van der Waals surface area (Å²) in [7, 11) is 2.30. The van der Waals surface area contributed by atoms with Crippen LogP contribution >= 0.6 is 0 Å². The topological polar surface area (TPSA) is 3.24 Å². The number of nitrogens with zero attached hydrogens (tertiary/aromatic N) is 1.